The van der Waals surface area contributed by atoms with E-state index >= 15 is 0 Å². The summed E-state index contributed by atoms with van der Waals surface area (Å²) in [5.41, 5.74) is -0.0967. The molecular weight excluding hydrogens is 154 g/mol. The first kappa shape index (κ1) is 9.03. The SMILES string of the molecule is CCCn1c(C(C)C)n[nH]c1=O. The zero-order valence-electron chi connectivity index (χ0n) is 7.79. The molecule has 1 aromatic rings. The van der Waals surface area contributed by atoms with Crippen molar-refractivity contribution in [2.75, 3.05) is 0 Å². The Hall–Kier alpha value is -1.06. The Morgan fingerprint density at radius 3 is 2.75 bits per heavy atom. The van der Waals surface area contributed by atoms with Gasteiger partial charge in [0.15, 0.2) is 0 Å². The maximum absolute atomic E-state index is 11.2. The number of nitrogens with zero attached hydrogens (tertiary/aromatic N) is 2. The van der Waals surface area contributed by atoms with Crippen molar-refractivity contribution in [3.05, 3.63) is 16.3 Å². The molecule has 0 aliphatic rings. The molecule has 0 radical (unpaired) electrons. The monoisotopic (exact) mass is 169 g/mol. The summed E-state index contributed by atoms with van der Waals surface area (Å²) in [5.74, 6) is 1.15. The molecule has 0 saturated heterocycles. The van der Waals surface area contributed by atoms with E-state index in [2.05, 4.69) is 10.2 Å². The fourth-order valence-electron chi connectivity index (χ4n) is 1.21. The summed E-state index contributed by atoms with van der Waals surface area (Å²) in [6.45, 7) is 6.86. The molecule has 4 nitrogen and oxygen atoms in total. The minimum atomic E-state index is -0.0967. The quantitative estimate of drug-likeness (QED) is 0.736. The molecule has 12 heavy (non-hydrogen) atoms. The largest absolute Gasteiger partial charge is 0.343 e. The summed E-state index contributed by atoms with van der Waals surface area (Å²) >= 11 is 0. The van der Waals surface area contributed by atoms with Crippen molar-refractivity contribution < 1.29 is 0 Å². The lowest BCUT2D eigenvalue weighted by Gasteiger charge is -2.05. The molecule has 0 aliphatic heterocycles. The predicted octanol–water partition coefficient (Wildman–Crippen LogP) is 1.10. The molecule has 0 aliphatic carbocycles. The fraction of sp³-hybridized carbons (Fsp3) is 0.750. The maximum Gasteiger partial charge on any atom is 0.343 e. The van der Waals surface area contributed by atoms with Crippen LogP contribution in [0.1, 0.15) is 38.9 Å². The summed E-state index contributed by atoms with van der Waals surface area (Å²) in [5, 5.41) is 6.42. The molecule has 0 saturated carbocycles. The summed E-state index contributed by atoms with van der Waals surface area (Å²) in [7, 11) is 0. The number of aromatic amines is 1. The lowest BCUT2D eigenvalue weighted by molar-refractivity contribution is 0.596. The smallest absolute Gasteiger partial charge is 0.279 e. The normalized spacial score (nSPS) is 11.0. The van der Waals surface area contributed by atoms with Crippen molar-refractivity contribution in [2.24, 2.45) is 0 Å². The molecule has 4 heteroatoms. The van der Waals surface area contributed by atoms with Crippen LogP contribution in [0.25, 0.3) is 0 Å². The van der Waals surface area contributed by atoms with Gasteiger partial charge in [-0.15, -0.1) is 0 Å². The summed E-state index contributed by atoms with van der Waals surface area (Å²) in [6, 6.07) is 0. The Balaban J connectivity index is 3.04. The first-order valence-electron chi connectivity index (χ1n) is 4.32. The first-order chi connectivity index (χ1) is 5.66. The van der Waals surface area contributed by atoms with E-state index in [0.717, 1.165) is 18.8 Å². The summed E-state index contributed by atoms with van der Waals surface area (Å²) in [6.07, 6.45) is 0.958. The molecule has 68 valence electrons. The van der Waals surface area contributed by atoms with Crippen molar-refractivity contribution in [1.29, 1.82) is 0 Å². The number of rotatable bonds is 3. The molecule has 0 spiro atoms. The lowest BCUT2D eigenvalue weighted by atomic mass is 10.2. The highest BCUT2D eigenvalue weighted by Gasteiger charge is 2.09. The highest BCUT2D eigenvalue weighted by Crippen LogP contribution is 2.08. The van der Waals surface area contributed by atoms with Crippen LogP contribution in [0.4, 0.5) is 0 Å². The van der Waals surface area contributed by atoms with Crippen molar-refractivity contribution in [2.45, 2.75) is 39.7 Å². The van der Waals surface area contributed by atoms with E-state index in [1.165, 1.54) is 0 Å². The van der Waals surface area contributed by atoms with Gasteiger partial charge in [-0.25, -0.2) is 9.89 Å². The first-order valence-corrected chi connectivity index (χ1v) is 4.32. The van der Waals surface area contributed by atoms with E-state index in [-0.39, 0.29) is 5.69 Å². The van der Waals surface area contributed by atoms with Crippen LogP contribution in [0.5, 0.6) is 0 Å². The molecule has 1 aromatic heterocycles. The van der Waals surface area contributed by atoms with Gasteiger partial charge in [0.2, 0.25) is 0 Å². The van der Waals surface area contributed by atoms with Crippen LogP contribution < -0.4 is 5.69 Å². The van der Waals surface area contributed by atoms with E-state index in [9.17, 15) is 4.79 Å². The van der Waals surface area contributed by atoms with Crippen LogP contribution in [0.2, 0.25) is 0 Å². The van der Waals surface area contributed by atoms with Crippen molar-refractivity contribution in [1.82, 2.24) is 14.8 Å². The zero-order chi connectivity index (χ0) is 9.14. The van der Waals surface area contributed by atoms with E-state index in [1.54, 1.807) is 4.57 Å². The number of H-pyrrole nitrogens is 1. The number of nitrogens with one attached hydrogen (secondary N) is 1. The lowest BCUT2D eigenvalue weighted by Crippen LogP contribution is -2.19. The summed E-state index contributed by atoms with van der Waals surface area (Å²) < 4.78 is 1.70. The van der Waals surface area contributed by atoms with Gasteiger partial charge in [0.1, 0.15) is 5.82 Å². The molecule has 1 rings (SSSR count). The Labute approximate surface area is 71.6 Å². The molecule has 0 unspecified atom stereocenters. The standard InChI is InChI=1S/C8H15N3O/c1-4-5-11-7(6(2)3)9-10-8(11)12/h6H,4-5H2,1-3H3,(H,10,12). The van der Waals surface area contributed by atoms with E-state index < -0.39 is 0 Å². The van der Waals surface area contributed by atoms with E-state index in [1.807, 2.05) is 20.8 Å². The van der Waals surface area contributed by atoms with Gasteiger partial charge in [-0.05, 0) is 6.42 Å². The van der Waals surface area contributed by atoms with Gasteiger partial charge in [-0.3, -0.25) is 4.57 Å². The van der Waals surface area contributed by atoms with Crippen LogP contribution in [0.15, 0.2) is 4.79 Å². The maximum atomic E-state index is 11.2. The third-order valence-corrected chi connectivity index (χ3v) is 1.75. The molecular formula is C8H15N3O. The van der Waals surface area contributed by atoms with Gasteiger partial charge in [-0.1, -0.05) is 20.8 Å². The highest BCUT2D eigenvalue weighted by atomic mass is 16.1. The van der Waals surface area contributed by atoms with Gasteiger partial charge >= 0.3 is 5.69 Å². The van der Waals surface area contributed by atoms with Gasteiger partial charge in [0.25, 0.3) is 0 Å². The minimum Gasteiger partial charge on any atom is -0.279 e. The second-order valence-electron chi connectivity index (χ2n) is 3.19. The van der Waals surface area contributed by atoms with Crippen molar-refractivity contribution >= 4 is 0 Å². The van der Waals surface area contributed by atoms with E-state index in [0.29, 0.717) is 5.92 Å². The Morgan fingerprint density at radius 1 is 1.58 bits per heavy atom. The van der Waals surface area contributed by atoms with Gasteiger partial charge in [0.05, 0.1) is 0 Å². The van der Waals surface area contributed by atoms with Gasteiger partial charge in [0, 0.05) is 12.5 Å². The fourth-order valence-corrected chi connectivity index (χ4v) is 1.21. The molecule has 0 fully saturated rings. The average molecular weight is 169 g/mol. The Kier molecular flexibility index (Phi) is 2.68. The van der Waals surface area contributed by atoms with Gasteiger partial charge < -0.3 is 0 Å². The Bertz CT molecular complexity index is 297. The molecule has 0 atom stereocenters. The second kappa shape index (κ2) is 3.56. The van der Waals surface area contributed by atoms with Crippen LogP contribution in [-0.2, 0) is 6.54 Å². The average Bonchev–Trinajstić information content (AvgIpc) is 2.34. The summed E-state index contributed by atoms with van der Waals surface area (Å²) in [4.78, 5) is 11.2. The van der Waals surface area contributed by atoms with Crippen molar-refractivity contribution in [3.63, 3.8) is 0 Å². The van der Waals surface area contributed by atoms with Crippen LogP contribution in [0, 0.1) is 0 Å². The second-order valence-corrected chi connectivity index (χ2v) is 3.19. The topological polar surface area (TPSA) is 50.7 Å². The molecule has 1 heterocycles. The third-order valence-electron chi connectivity index (χ3n) is 1.75. The molecule has 0 amide bonds. The third kappa shape index (κ3) is 1.57. The zero-order valence-corrected chi connectivity index (χ0v) is 7.79. The van der Waals surface area contributed by atoms with Crippen LogP contribution in [-0.4, -0.2) is 14.8 Å². The highest BCUT2D eigenvalue weighted by molar-refractivity contribution is 4.92. The number of hydrogen-bond donors (Lipinski definition) is 1. The molecule has 1 N–H and O–H groups in total. The van der Waals surface area contributed by atoms with Crippen LogP contribution in [0.3, 0.4) is 0 Å². The predicted molar refractivity (Wildman–Crippen MR) is 47.2 cm³/mol. The van der Waals surface area contributed by atoms with E-state index in [4.69, 9.17) is 0 Å². The van der Waals surface area contributed by atoms with Crippen LogP contribution >= 0.6 is 0 Å². The molecule has 0 aromatic carbocycles. The number of aromatic nitrogens is 3. The van der Waals surface area contributed by atoms with Crippen molar-refractivity contribution in [3.8, 4) is 0 Å². The Morgan fingerprint density at radius 2 is 2.25 bits per heavy atom. The number of hydrogen-bond acceptors (Lipinski definition) is 2. The molecule has 0 bridgehead atoms. The minimum absolute atomic E-state index is 0.0967. The van der Waals surface area contributed by atoms with Gasteiger partial charge in [-0.2, -0.15) is 5.10 Å².